The Morgan fingerprint density at radius 2 is 0.620 bits per heavy atom. The maximum Gasteiger partial charge on any atom is 0.0497 e. The van der Waals surface area contributed by atoms with Crippen LogP contribution >= 0.6 is 0 Å². The van der Waals surface area contributed by atoms with Gasteiger partial charge >= 0.3 is 0 Å². The molecule has 0 aliphatic rings. The molecule has 0 amide bonds. The highest BCUT2D eigenvalue weighted by atomic mass is 14.2. The Morgan fingerprint density at radius 3 is 1.08 bits per heavy atom. The van der Waals surface area contributed by atoms with E-state index in [1.54, 1.807) is 0 Å². The van der Waals surface area contributed by atoms with Crippen LogP contribution in [0, 0.1) is 23.7 Å². The molecule has 230 valence electrons. The van der Waals surface area contributed by atoms with Gasteiger partial charge in [-0.15, -0.1) is 0 Å². The second-order valence-corrected chi connectivity index (χ2v) is 12.5. The van der Waals surface area contributed by atoms with Gasteiger partial charge in [0.2, 0.25) is 0 Å². The molecule has 0 N–H and O–H groups in total. The predicted octanol–water partition coefficient (Wildman–Crippen LogP) is 12.4. The van der Waals surface area contributed by atoms with E-state index < -0.39 is 0 Å². The number of rotatable bonds is 2. The molecular weight excluding hydrogens is 601 g/mol. The highest BCUT2D eigenvalue weighted by Gasteiger charge is 2.19. The Labute approximate surface area is 292 Å². The van der Waals surface area contributed by atoms with Gasteiger partial charge < -0.3 is 0 Å². The van der Waals surface area contributed by atoms with Gasteiger partial charge in [-0.1, -0.05) is 194 Å². The van der Waals surface area contributed by atoms with Gasteiger partial charge in [0.05, 0.1) is 0 Å². The highest BCUT2D eigenvalue weighted by molar-refractivity contribution is 6.20. The van der Waals surface area contributed by atoms with Crippen LogP contribution in [0.15, 0.2) is 182 Å². The van der Waals surface area contributed by atoms with E-state index in [-0.39, 0.29) is 0 Å². The third kappa shape index (κ3) is 5.18. The highest BCUT2D eigenvalue weighted by Crippen LogP contribution is 2.42. The van der Waals surface area contributed by atoms with E-state index >= 15 is 0 Å². The van der Waals surface area contributed by atoms with Gasteiger partial charge in [-0.2, -0.15) is 0 Å². The van der Waals surface area contributed by atoms with Gasteiger partial charge in [0.25, 0.3) is 0 Å². The quantitative estimate of drug-likeness (QED) is 0.132. The van der Waals surface area contributed by atoms with Crippen molar-refractivity contribution in [2.75, 3.05) is 0 Å². The fraction of sp³-hybridized carbons (Fsp3) is 0. The molecule has 0 saturated heterocycles. The summed E-state index contributed by atoms with van der Waals surface area (Å²) in [5.41, 5.74) is 8.47. The lowest BCUT2D eigenvalue weighted by Crippen LogP contribution is -1.96. The van der Waals surface area contributed by atoms with E-state index in [0.717, 1.165) is 76.8 Å². The molecule has 9 rings (SSSR count). The Kier molecular flexibility index (Phi) is 7.40. The van der Waals surface area contributed by atoms with Crippen molar-refractivity contribution in [3.05, 3.63) is 204 Å². The first-order valence-electron chi connectivity index (χ1n) is 17.0. The lowest BCUT2D eigenvalue weighted by molar-refractivity contribution is 1.61. The van der Waals surface area contributed by atoms with E-state index in [9.17, 15) is 0 Å². The van der Waals surface area contributed by atoms with Crippen LogP contribution in [0.1, 0.15) is 22.3 Å². The van der Waals surface area contributed by atoms with Gasteiger partial charge in [0.1, 0.15) is 0 Å². The SMILES string of the molecule is C(#Cc1c(C#Cc2cccc3ccccc23)c2c(-c3ccccc3)cccc2c2cccc(-c3ccccc3)c12)c1cccc2ccccc12. The van der Waals surface area contributed by atoms with Crippen molar-refractivity contribution < 1.29 is 0 Å². The molecule has 0 nitrogen and oxygen atoms in total. The third-order valence-electron chi connectivity index (χ3n) is 9.56. The van der Waals surface area contributed by atoms with Gasteiger partial charge in [0, 0.05) is 33.0 Å². The van der Waals surface area contributed by atoms with Crippen molar-refractivity contribution in [2.45, 2.75) is 0 Å². The standard InChI is InChI=1S/C50H30/c1-3-15-37(16-4-1)43-27-13-29-45-46-30-14-28-44(38-17-5-2-6-18-38)50(46)48(34-32-40-24-12-22-36-20-8-10-26-42(36)40)47(49(43)45)33-31-39-23-11-21-35-19-7-9-25-41(35)39/h1-30H. The lowest BCUT2D eigenvalue weighted by Gasteiger charge is -2.17. The average Bonchev–Trinajstić information content (AvgIpc) is 3.19. The Bertz CT molecular complexity index is 2640. The monoisotopic (exact) mass is 630 g/mol. The van der Waals surface area contributed by atoms with E-state index in [1.165, 1.54) is 10.8 Å². The van der Waals surface area contributed by atoms with Crippen LogP contribution in [0.4, 0.5) is 0 Å². The maximum atomic E-state index is 3.77. The summed E-state index contributed by atoms with van der Waals surface area (Å²) in [5.74, 6) is 14.8. The fourth-order valence-electron chi connectivity index (χ4n) is 7.24. The van der Waals surface area contributed by atoms with Gasteiger partial charge in [-0.25, -0.2) is 0 Å². The largest absolute Gasteiger partial charge is 0.0622 e. The number of hydrogen-bond acceptors (Lipinski definition) is 0. The number of hydrogen-bond donors (Lipinski definition) is 0. The summed E-state index contributed by atoms with van der Waals surface area (Å²) in [7, 11) is 0. The van der Waals surface area contributed by atoms with E-state index in [1.807, 2.05) is 0 Å². The first-order chi connectivity index (χ1) is 24.8. The summed E-state index contributed by atoms with van der Waals surface area (Å²) in [6.07, 6.45) is 0. The third-order valence-corrected chi connectivity index (χ3v) is 9.56. The first kappa shape index (κ1) is 29.3. The summed E-state index contributed by atoms with van der Waals surface area (Å²) in [4.78, 5) is 0. The molecule has 0 bridgehead atoms. The van der Waals surface area contributed by atoms with E-state index in [4.69, 9.17) is 0 Å². The predicted molar refractivity (Wildman–Crippen MR) is 212 cm³/mol. The van der Waals surface area contributed by atoms with Crippen LogP contribution < -0.4 is 0 Å². The minimum atomic E-state index is 0.941. The molecule has 0 radical (unpaired) electrons. The Morgan fingerprint density at radius 1 is 0.260 bits per heavy atom. The first-order valence-corrected chi connectivity index (χ1v) is 17.0. The molecule has 0 fully saturated rings. The molecule has 9 aromatic carbocycles. The smallest absolute Gasteiger partial charge is 0.0497 e. The summed E-state index contributed by atoms with van der Waals surface area (Å²) in [6, 6.07) is 64.2. The Balaban J connectivity index is 1.46. The zero-order valence-corrected chi connectivity index (χ0v) is 27.3. The minimum absolute atomic E-state index is 0.941. The van der Waals surface area contributed by atoms with E-state index in [0.29, 0.717) is 0 Å². The van der Waals surface area contributed by atoms with Gasteiger partial charge in [-0.3, -0.25) is 0 Å². The van der Waals surface area contributed by atoms with Crippen LogP contribution in [0.25, 0.3) is 65.3 Å². The summed E-state index contributed by atoms with van der Waals surface area (Å²) >= 11 is 0. The Hall–Kier alpha value is -6.86. The molecule has 0 aliphatic carbocycles. The molecule has 0 aromatic heterocycles. The van der Waals surface area contributed by atoms with Crippen LogP contribution in [0.3, 0.4) is 0 Å². The number of benzene rings is 9. The second kappa shape index (κ2) is 12.6. The van der Waals surface area contributed by atoms with Crippen molar-refractivity contribution in [1.29, 1.82) is 0 Å². The van der Waals surface area contributed by atoms with Crippen molar-refractivity contribution in [1.82, 2.24) is 0 Å². The van der Waals surface area contributed by atoms with Gasteiger partial charge in [0.15, 0.2) is 0 Å². The second-order valence-electron chi connectivity index (χ2n) is 12.5. The molecular formula is C50H30. The molecule has 0 aliphatic heterocycles. The molecule has 0 saturated carbocycles. The zero-order chi connectivity index (χ0) is 33.3. The van der Waals surface area contributed by atoms with Crippen molar-refractivity contribution in [3.8, 4) is 45.9 Å². The zero-order valence-electron chi connectivity index (χ0n) is 27.3. The maximum absolute atomic E-state index is 3.77. The van der Waals surface area contributed by atoms with Crippen LogP contribution in [-0.2, 0) is 0 Å². The summed E-state index contributed by atoms with van der Waals surface area (Å²) in [6.45, 7) is 0. The number of fused-ring (bicyclic) bond motifs is 5. The van der Waals surface area contributed by atoms with Crippen LogP contribution in [0.5, 0.6) is 0 Å². The van der Waals surface area contributed by atoms with E-state index in [2.05, 4.69) is 206 Å². The lowest BCUT2D eigenvalue weighted by atomic mass is 9.84. The van der Waals surface area contributed by atoms with Gasteiger partial charge in [-0.05, 0) is 66.7 Å². The normalized spacial score (nSPS) is 10.9. The molecule has 0 atom stereocenters. The molecule has 0 spiro atoms. The molecule has 0 heteroatoms. The minimum Gasteiger partial charge on any atom is -0.0622 e. The van der Waals surface area contributed by atoms with Crippen molar-refractivity contribution in [2.24, 2.45) is 0 Å². The summed E-state index contributed by atoms with van der Waals surface area (Å²) < 4.78 is 0. The molecule has 0 heterocycles. The average molecular weight is 631 g/mol. The van der Waals surface area contributed by atoms with Crippen LogP contribution in [-0.4, -0.2) is 0 Å². The summed E-state index contributed by atoms with van der Waals surface area (Å²) in [5, 5.41) is 9.20. The fourth-order valence-corrected chi connectivity index (χ4v) is 7.24. The molecule has 9 aromatic rings. The van der Waals surface area contributed by atoms with Crippen LogP contribution in [0.2, 0.25) is 0 Å². The van der Waals surface area contributed by atoms with Crippen molar-refractivity contribution in [3.63, 3.8) is 0 Å². The molecule has 0 unspecified atom stereocenters. The topological polar surface area (TPSA) is 0 Å². The van der Waals surface area contributed by atoms with Crippen molar-refractivity contribution >= 4 is 43.1 Å². The molecule has 50 heavy (non-hydrogen) atoms.